The maximum Gasteiger partial charge on any atom is 0.405 e. The number of hydrogen-bond donors (Lipinski definition) is 2. The van der Waals surface area contributed by atoms with E-state index in [-0.39, 0.29) is 18.9 Å². The van der Waals surface area contributed by atoms with Gasteiger partial charge in [0.15, 0.2) is 6.61 Å². The van der Waals surface area contributed by atoms with E-state index in [1.807, 2.05) is 0 Å². The van der Waals surface area contributed by atoms with E-state index < -0.39 is 42.8 Å². The van der Waals surface area contributed by atoms with Gasteiger partial charge in [-0.3, -0.25) is 19.3 Å². The second-order valence-electron chi connectivity index (χ2n) is 5.98. The number of carbonyl (C=O) groups excluding carboxylic acids is 4. The van der Waals surface area contributed by atoms with Crippen LogP contribution in [0.3, 0.4) is 0 Å². The van der Waals surface area contributed by atoms with Crippen molar-refractivity contribution in [1.29, 1.82) is 0 Å². The number of amides is 4. The van der Waals surface area contributed by atoms with Crippen molar-refractivity contribution in [3.8, 4) is 0 Å². The first kappa shape index (κ1) is 19.0. The number of nitrogens with zero attached hydrogens (tertiary/aromatic N) is 1. The van der Waals surface area contributed by atoms with E-state index >= 15 is 0 Å². The number of urea groups is 1. The van der Waals surface area contributed by atoms with Gasteiger partial charge < -0.3 is 15.4 Å². The van der Waals surface area contributed by atoms with Crippen LogP contribution in [0.15, 0.2) is 0 Å². The van der Waals surface area contributed by atoms with Crippen molar-refractivity contribution in [2.24, 2.45) is 0 Å². The van der Waals surface area contributed by atoms with E-state index in [9.17, 15) is 32.3 Å². The number of imide groups is 1. The van der Waals surface area contributed by atoms with Crippen LogP contribution >= 0.6 is 0 Å². The van der Waals surface area contributed by atoms with Gasteiger partial charge in [-0.05, 0) is 12.8 Å². The highest BCUT2D eigenvalue weighted by molar-refractivity contribution is 6.07. The van der Waals surface area contributed by atoms with E-state index in [1.165, 1.54) is 0 Å². The topological polar surface area (TPSA) is 105 Å². The molecule has 1 aliphatic heterocycles. The van der Waals surface area contributed by atoms with Crippen molar-refractivity contribution in [3.63, 3.8) is 0 Å². The Morgan fingerprint density at radius 3 is 2.48 bits per heavy atom. The number of carbonyl (C=O) groups is 4. The first-order valence-corrected chi connectivity index (χ1v) is 7.76. The molecule has 0 unspecified atom stereocenters. The molecule has 0 bridgehead atoms. The van der Waals surface area contributed by atoms with Crippen LogP contribution in [0, 0.1) is 0 Å². The molecule has 2 aliphatic rings. The van der Waals surface area contributed by atoms with Crippen LogP contribution in [0.2, 0.25) is 0 Å². The third-order valence-corrected chi connectivity index (χ3v) is 4.09. The van der Waals surface area contributed by atoms with Gasteiger partial charge in [-0.15, -0.1) is 0 Å². The van der Waals surface area contributed by atoms with Crippen molar-refractivity contribution in [2.45, 2.75) is 43.8 Å². The lowest BCUT2D eigenvalue weighted by molar-refractivity contribution is -0.151. The highest BCUT2D eigenvalue weighted by atomic mass is 19.4. The summed E-state index contributed by atoms with van der Waals surface area (Å²) in [4.78, 5) is 47.8. The van der Waals surface area contributed by atoms with Crippen LogP contribution in [-0.2, 0) is 19.1 Å². The molecular weight excluding hydrogens is 347 g/mol. The molecular formula is C14H18F3N3O5. The summed E-state index contributed by atoms with van der Waals surface area (Å²) in [5.74, 6) is -2.37. The fraction of sp³-hybridized carbons (Fsp3) is 0.714. The van der Waals surface area contributed by atoms with Gasteiger partial charge >= 0.3 is 18.2 Å². The summed E-state index contributed by atoms with van der Waals surface area (Å²) in [5, 5.41) is 4.20. The molecule has 1 spiro atoms. The molecule has 2 fully saturated rings. The fourth-order valence-electron chi connectivity index (χ4n) is 2.87. The molecule has 8 nitrogen and oxygen atoms in total. The molecule has 1 saturated heterocycles. The zero-order chi connectivity index (χ0) is 18.7. The van der Waals surface area contributed by atoms with Crippen molar-refractivity contribution in [3.05, 3.63) is 0 Å². The van der Waals surface area contributed by atoms with Gasteiger partial charge in [0, 0.05) is 6.54 Å². The van der Waals surface area contributed by atoms with Crippen LogP contribution in [0.25, 0.3) is 0 Å². The molecule has 140 valence electrons. The number of hydrogen-bond acceptors (Lipinski definition) is 5. The van der Waals surface area contributed by atoms with Crippen molar-refractivity contribution >= 4 is 23.8 Å². The van der Waals surface area contributed by atoms with Gasteiger partial charge in [0.1, 0.15) is 12.1 Å². The Morgan fingerprint density at radius 2 is 1.88 bits per heavy atom. The second kappa shape index (κ2) is 7.28. The average Bonchev–Trinajstić information content (AvgIpc) is 3.07. The molecule has 1 heterocycles. The lowest BCUT2D eigenvalue weighted by atomic mass is 9.98. The molecule has 2 N–H and O–H groups in total. The van der Waals surface area contributed by atoms with Crippen molar-refractivity contribution < 1.29 is 37.1 Å². The number of esters is 1. The number of halogens is 3. The first-order chi connectivity index (χ1) is 11.6. The Labute approximate surface area is 141 Å². The molecule has 1 aliphatic carbocycles. The molecule has 4 amide bonds. The molecule has 11 heteroatoms. The Morgan fingerprint density at radius 1 is 1.24 bits per heavy atom. The monoisotopic (exact) mass is 365 g/mol. The Balaban J connectivity index is 1.72. The predicted octanol–water partition coefficient (Wildman–Crippen LogP) is 0.463. The summed E-state index contributed by atoms with van der Waals surface area (Å²) in [7, 11) is 0. The minimum Gasteiger partial charge on any atom is -0.456 e. The lowest BCUT2D eigenvalue weighted by Gasteiger charge is -2.19. The summed E-state index contributed by atoms with van der Waals surface area (Å²) in [5.41, 5.74) is -0.877. The highest BCUT2D eigenvalue weighted by Crippen LogP contribution is 2.34. The van der Waals surface area contributed by atoms with E-state index in [0.717, 1.165) is 17.7 Å². The highest BCUT2D eigenvalue weighted by Gasteiger charge is 2.52. The fourth-order valence-corrected chi connectivity index (χ4v) is 2.87. The van der Waals surface area contributed by atoms with Gasteiger partial charge in [0.25, 0.3) is 11.8 Å². The minimum absolute atomic E-state index is 0.213. The van der Waals surface area contributed by atoms with Crippen LogP contribution in [0.4, 0.5) is 18.0 Å². The quantitative estimate of drug-likeness (QED) is 0.526. The summed E-state index contributed by atoms with van der Waals surface area (Å²) >= 11 is 0. The van der Waals surface area contributed by atoms with Gasteiger partial charge in [-0.1, -0.05) is 12.8 Å². The SMILES string of the molecule is O=C(COC(=O)CCN1C(=O)NC2(CCCC2)C1=O)NCC(F)(F)F. The van der Waals surface area contributed by atoms with Crippen molar-refractivity contribution in [2.75, 3.05) is 19.7 Å². The lowest BCUT2D eigenvalue weighted by Crippen LogP contribution is -2.44. The summed E-state index contributed by atoms with van der Waals surface area (Å²) < 4.78 is 40.3. The summed E-state index contributed by atoms with van der Waals surface area (Å²) in [6, 6.07) is -0.581. The number of nitrogens with one attached hydrogen (secondary N) is 2. The van der Waals surface area contributed by atoms with Gasteiger partial charge in [-0.2, -0.15) is 13.2 Å². The Kier molecular flexibility index (Phi) is 5.53. The number of rotatable bonds is 6. The molecule has 1 saturated carbocycles. The molecule has 0 aromatic rings. The predicted molar refractivity (Wildman–Crippen MR) is 76.1 cm³/mol. The van der Waals surface area contributed by atoms with Crippen LogP contribution in [0.1, 0.15) is 32.1 Å². The first-order valence-electron chi connectivity index (χ1n) is 7.76. The van der Waals surface area contributed by atoms with Crippen molar-refractivity contribution in [1.82, 2.24) is 15.5 Å². The third kappa shape index (κ3) is 4.83. The molecule has 0 atom stereocenters. The summed E-state index contributed by atoms with van der Waals surface area (Å²) in [6.45, 7) is -2.59. The zero-order valence-corrected chi connectivity index (χ0v) is 13.3. The van der Waals surface area contributed by atoms with Gasteiger partial charge in [0.05, 0.1) is 6.42 Å². The van der Waals surface area contributed by atoms with Crippen LogP contribution in [0.5, 0.6) is 0 Å². The molecule has 0 radical (unpaired) electrons. The Bertz CT molecular complexity index is 573. The largest absolute Gasteiger partial charge is 0.456 e. The van der Waals surface area contributed by atoms with E-state index in [2.05, 4.69) is 10.1 Å². The molecule has 0 aromatic carbocycles. The molecule has 2 rings (SSSR count). The normalized spacial score (nSPS) is 19.2. The number of ether oxygens (including phenoxy) is 1. The molecule has 0 aromatic heterocycles. The molecule has 25 heavy (non-hydrogen) atoms. The van der Waals surface area contributed by atoms with Crippen LogP contribution in [-0.4, -0.2) is 60.1 Å². The standard InChI is InChI=1S/C14H18F3N3O5/c15-14(16,17)8-18-9(21)7-25-10(22)3-6-20-11(23)13(19-12(20)24)4-1-2-5-13/h1-8H2,(H,18,21)(H,19,24). The maximum atomic E-state index is 12.3. The van der Waals surface area contributed by atoms with Crippen LogP contribution < -0.4 is 10.6 Å². The van der Waals surface area contributed by atoms with E-state index in [0.29, 0.717) is 12.8 Å². The zero-order valence-electron chi connectivity index (χ0n) is 13.3. The maximum absolute atomic E-state index is 12.3. The number of alkyl halides is 3. The van der Waals surface area contributed by atoms with Gasteiger partial charge in [0.2, 0.25) is 0 Å². The minimum atomic E-state index is -4.56. The van der Waals surface area contributed by atoms with Gasteiger partial charge in [-0.25, -0.2) is 4.79 Å². The van der Waals surface area contributed by atoms with E-state index in [1.54, 1.807) is 5.32 Å². The second-order valence-corrected chi connectivity index (χ2v) is 5.98. The smallest absolute Gasteiger partial charge is 0.405 e. The average molecular weight is 365 g/mol. The third-order valence-electron chi connectivity index (χ3n) is 4.09. The summed E-state index contributed by atoms with van der Waals surface area (Å²) in [6.07, 6.45) is -2.14. The van der Waals surface area contributed by atoms with E-state index in [4.69, 9.17) is 0 Å². The Hall–Kier alpha value is -2.33.